The van der Waals surface area contributed by atoms with Gasteiger partial charge >= 0.3 is 5.97 Å². The van der Waals surface area contributed by atoms with Crippen LogP contribution in [0, 0.1) is 5.82 Å². The van der Waals surface area contributed by atoms with Gasteiger partial charge in [0.2, 0.25) is 0 Å². The van der Waals surface area contributed by atoms with Gasteiger partial charge in [0.05, 0.1) is 11.4 Å². The predicted molar refractivity (Wildman–Crippen MR) is 60.2 cm³/mol. The summed E-state index contributed by atoms with van der Waals surface area (Å²) in [4.78, 5) is 16.0. The predicted octanol–water partition coefficient (Wildman–Crippen LogP) is 1.88. The van der Waals surface area contributed by atoms with Gasteiger partial charge in [0.15, 0.2) is 0 Å². The molecule has 0 saturated carbocycles. The van der Waals surface area contributed by atoms with E-state index in [0.717, 1.165) is 4.90 Å². The summed E-state index contributed by atoms with van der Waals surface area (Å²) in [6.45, 7) is 0. The number of hydrogen-bond donors (Lipinski definition) is 2. The number of nitrogens with one attached hydrogen (secondary N) is 1. The van der Waals surface area contributed by atoms with E-state index < -0.39 is 11.8 Å². The van der Waals surface area contributed by atoms with Crippen molar-refractivity contribution in [2.24, 2.45) is 5.84 Å². The number of benzene rings is 1. The quantitative estimate of drug-likeness (QED) is 0.483. The summed E-state index contributed by atoms with van der Waals surface area (Å²) in [7, 11) is 0. The molecule has 0 bridgehead atoms. The highest BCUT2D eigenvalue weighted by Gasteiger charge is 2.04. The van der Waals surface area contributed by atoms with Gasteiger partial charge in [-0.1, -0.05) is 17.2 Å². The highest BCUT2D eigenvalue weighted by molar-refractivity contribution is 7.99. The van der Waals surface area contributed by atoms with Gasteiger partial charge in [-0.3, -0.25) is 4.79 Å². The van der Waals surface area contributed by atoms with Gasteiger partial charge < -0.3 is 4.84 Å². The van der Waals surface area contributed by atoms with Gasteiger partial charge in [-0.15, -0.1) is 11.8 Å². The van der Waals surface area contributed by atoms with Crippen LogP contribution in [-0.2, 0) is 9.63 Å². The minimum absolute atomic E-state index is 0.0659. The largest absolute Gasteiger partial charge is 0.356 e. The first-order valence-corrected chi connectivity index (χ1v) is 5.73. The molecule has 0 spiro atoms. The molecule has 16 heavy (non-hydrogen) atoms. The Labute approximate surface area is 101 Å². The van der Waals surface area contributed by atoms with E-state index in [-0.39, 0.29) is 11.4 Å². The second-order valence-corrected chi connectivity index (χ2v) is 4.34. The maximum atomic E-state index is 12.8. The van der Waals surface area contributed by atoms with Crippen LogP contribution in [0.2, 0.25) is 5.02 Å². The number of nitrogens with two attached hydrogens (primary N) is 1. The van der Waals surface area contributed by atoms with E-state index in [1.54, 1.807) is 11.7 Å². The molecule has 0 aliphatic carbocycles. The molecule has 1 rings (SSSR count). The Hall–Kier alpha value is -0.820. The van der Waals surface area contributed by atoms with E-state index in [0.29, 0.717) is 5.75 Å². The summed E-state index contributed by atoms with van der Waals surface area (Å²) in [6.07, 6.45) is 0.198. The van der Waals surface area contributed by atoms with Crippen LogP contribution in [-0.4, -0.2) is 11.7 Å². The van der Waals surface area contributed by atoms with Crippen molar-refractivity contribution in [2.45, 2.75) is 11.3 Å². The first-order chi connectivity index (χ1) is 7.63. The summed E-state index contributed by atoms with van der Waals surface area (Å²) < 4.78 is 12.8. The Morgan fingerprint density at radius 3 is 3.00 bits per heavy atom. The molecule has 3 N–H and O–H groups in total. The molecule has 1 aromatic carbocycles. The van der Waals surface area contributed by atoms with Crippen molar-refractivity contribution >= 4 is 29.3 Å². The van der Waals surface area contributed by atoms with E-state index in [1.807, 2.05) is 0 Å². The molecule has 0 unspecified atom stereocenters. The first kappa shape index (κ1) is 13.2. The molecule has 0 aromatic heterocycles. The number of hydrazine groups is 1. The maximum Gasteiger partial charge on any atom is 0.327 e. The second kappa shape index (κ2) is 6.70. The Kier molecular flexibility index (Phi) is 5.54. The second-order valence-electron chi connectivity index (χ2n) is 2.77. The van der Waals surface area contributed by atoms with Gasteiger partial charge in [-0.25, -0.2) is 10.2 Å². The van der Waals surface area contributed by atoms with Gasteiger partial charge in [0, 0.05) is 10.6 Å². The molecule has 0 saturated heterocycles. The van der Waals surface area contributed by atoms with Crippen molar-refractivity contribution < 1.29 is 14.0 Å². The van der Waals surface area contributed by atoms with Crippen molar-refractivity contribution in [3.05, 3.63) is 29.0 Å². The lowest BCUT2D eigenvalue weighted by Gasteiger charge is -2.02. The van der Waals surface area contributed by atoms with E-state index in [4.69, 9.17) is 17.4 Å². The van der Waals surface area contributed by atoms with Crippen molar-refractivity contribution in [1.82, 2.24) is 5.59 Å². The lowest BCUT2D eigenvalue weighted by Crippen LogP contribution is -2.26. The minimum Gasteiger partial charge on any atom is -0.356 e. The average molecular weight is 265 g/mol. The summed E-state index contributed by atoms with van der Waals surface area (Å²) in [5.74, 6) is 4.38. The molecule has 4 nitrogen and oxygen atoms in total. The lowest BCUT2D eigenvalue weighted by molar-refractivity contribution is -0.150. The van der Waals surface area contributed by atoms with Crippen LogP contribution in [0.1, 0.15) is 6.42 Å². The van der Waals surface area contributed by atoms with Crippen LogP contribution in [0.25, 0.3) is 0 Å². The first-order valence-electron chi connectivity index (χ1n) is 4.36. The highest BCUT2D eigenvalue weighted by atomic mass is 35.5. The standard InChI is InChI=1S/C9H10ClFN2O2S/c10-7-5-6(1-2-8(7)11)16-4-3-9(14)15-13-12/h1-2,5,13H,3-4,12H2. The van der Waals surface area contributed by atoms with Gasteiger partial charge in [-0.05, 0) is 18.2 Å². The summed E-state index contributed by atoms with van der Waals surface area (Å²) >= 11 is 6.98. The number of halogens is 2. The summed E-state index contributed by atoms with van der Waals surface area (Å²) in [6, 6.07) is 4.39. The third-order valence-corrected chi connectivity index (χ3v) is 2.92. The third-order valence-electron chi connectivity index (χ3n) is 1.64. The van der Waals surface area contributed by atoms with Crippen molar-refractivity contribution in [1.29, 1.82) is 0 Å². The van der Waals surface area contributed by atoms with Crippen LogP contribution in [0.5, 0.6) is 0 Å². The van der Waals surface area contributed by atoms with Crippen LogP contribution in [0.3, 0.4) is 0 Å². The Bertz CT molecular complexity index is 379. The molecule has 0 aliphatic heterocycles. The molecular weight excluding hydrogens is 255 g/mol. The zero-order valence-corrected chi connectivity index (χ0v) is 9.78. The van der Waals surface area contributed by atoms with Crippen LogP contribution in [0.4, 0.5) is 4.39 Å². The number of thioether (sulfide) groups is 1. The molecule has 1 aromatic rings. The van der Waals surface area contributed by atoms with E-state index in [2.05, 4.69) is 4.84 Å². The molecule has 0 aliphatic rings. The normalized spacial score (nSPS) is 10.2. The fourth-order valence-corrected chi connectivity index (χ4v) is 2.05. The maximum absolute atomic E-state index is 12.8. The van der Waals surface area contributed by atoms with Crippen LogP contribution < -0.4 is 11.4 Å². The fraction of sp³-hybridized carbons (Fsp3) is 0.222. The van der Waals surface area contributed by atoms with Crippen molar-refractivity contribution in [3.63, 3.8) is 0 Å². The fourth-order valence-electron chi connectivity index (χ4n) is 0.936. The zero-order chi connectivity index (χ0) is 12.0. The summed E-state index contributed by atoms with van der Waals surface area (Å²) in [5.41, 5.74) is 1.80. The van der Waals surface area contributed by atoms with E-state index in [1.165, 1.54) is 23.9 Å². The smallest absolute Gasteiger partial charge is 0.327 e. The van der Waals surface area contributed by atoms with Crippen molar-refractivity contribution in [2.75, 3.05) is 5.75 Å². The molecule has 0 heterocycles. The topological polar surface area (TPSA) is 64.3 Å². The Morgan fingerprint density at radius 1 is 1.62 bits per heavy atom. The minimum atomic E-state index is -0.460. The lowest BCUT2D eigenvalue weighted by atomic mass is 10.3. The van der Waals surface area contributed by atoms with Crippen LogP contribution >= 0.6 is 23.4 Å². The molecular formula is C9H10ClFN2O2S. The van der Waals surface area contributed by atoms with E-state index >= 15 is 0 Å². The molecule has 0 atom stereocenters. The molecule has 7 heteroatoms. The van der Waals surface area contributed by atoms with E-state index in [9.17, 15) is 9.18 Å². The molecule has 0 amide bonds. The molecule has 0 radical (unpaired) electrons. The number of hydrogen-bond acceptors (Lipinski definition) is 5. The average Bonchev–Trinajstić information content (AvgIpc) is 2.24. The van der Waals surface area contributed by atoms with Gasteiger partial charge in [0.1, 0.15) is 5.82 Å². The van der Waals surface area contributed by atoms with Crippen LogP contribution in [0.15, 0.2) is 23.1 Å². The zero-order valence-electron chi connectivity index (χ0n) is 8.20. The molecule has 0 fully saturated rings. The van der Waals surface area contributed by atoms with Gasteiger partial charge in [0.25, 0.3) is 0 Å². The summed E-state index contributed by atoms with van der Waals surface area (Å²) in [5, 5.41) is 0.0659. The highest BCUT2D eigenvalue weighted by Crippen LogP contribution is 2.24. The Morgan fingerprint density at radius 2 is 2.38 bits per heavy atom. The number of carbonyl (C=O) groups excluding carboxylic acids is 1. The number of rotatable bonds is 5. The Balaban J connectivity index is 2.37. The van der Waals surface area contributed by atoms with Crippen molar-refractivity contribution in [3.8, 4) is 0 Å². The number of carbonyl (C=O) groups is 1. The SMILES string of the molecule is NNOC(=O)CCSc1ccc(F)c(Cl)c1. The van der Waals surface area contributed by atoms with Gasteiger partial charge in [-0.2, -0.15) is 0 Å². The monoisotopic (exact) mass is 264 g/mol. The third kappa shape index (κ3) is 4.36. The molecule has 88 valence electrons.